The lowest BCUT2D eigenvalue weighted by molar-refractivity contribution is -0.170. The SMILES string of the molecule is CCOC(CCNC(=O)C1(N)CC(OCC)C1(C)C)C(C)C. The Morgan fingerprint density at radius 1 is 1.32 bits per heavy atom. The van der Waals surface area contributed by atoms with Crippen molar-refractivity contribution in [1.29, 1.82) is 0 Å². The first kappa shape index (κ1) is 19.4. The minimum absolute atomic E-state index is 0.0556. The van der Waals surface area contributed by atoms with E-state index in [0.717, 1.165) is 6.42 Å². The van der Waals surface area contributed by atoms with Crippen molar-refractivity contribution in [1.82, 2.24) is 5.32 Å². The van der Waals surface area contributed by atoms with Gasteiger partial charge in [0.1, 0.15) is 5.54 Å². The largest absolute Gasteiger partial charge is 0.378 e. The molecule has 1 rings (SSSR count). The van der Waals surface area contributed by atoms with Crippen LogP contribution >= 0.6 is 0 Å². The first-order valence-corrected chi connectivity index (χ1v) is 8.51. The first-order chi connectivity index (χ1) is 10.2. The van der Waals surface area contributed by atoms with E-state index < -0.39 is 5.54 Å². The van der Waals surface area contributed by atoms with Crippen molar-refractivity contribution in [3.63, 3.8) is 0 Å². The van der Waals surface area contributed by atoms with Crippen LogP contribution < -0.4 is 11.1 Å². The third kappa shape index (κ3) is 3.81. The lowest BCUT2D eigenvalue weighted by Gasteiger charge is -2.57. The summed E-state index contributed by atoms with van der Waals surface area (Å²) in [6.07, 6.45) is 1.62. The zero-order chi connectivity index (χ0) is 17.0. The van der Waals surface area contributed by atoms with Crippen molar-refractivity contribution in [3.05, 3.63) is 0 Å². The Bertz CT molecular complexity index is 371. The van der Waals surface area contributed by atoms with Gasteiger partial charge in [0.15, 0.2) is 0 Å². The number of amides is 1. The van der Waals surface area contributed by atoms with Gasteiger partial charge in [-0.3, -0.25) is 4.79 Å². The minimum Gasteiger partial charge on any atom is -0.378 e. The summed E-state index contributed by atoms with van der Waals surface area (Å²) in [5.74, 6) is 0.360. The molecule has 0 radical (unpaired) electrons. The van der Waals surface area contributed by atoms with Gasteiger partial charge in [0.2, 0.25) is 5.91 Å². The smallest absolute Gasteiger partial charge is 0.240 e. The summed E-state index contributed by atoms with van der Waals surface area (Å²) in [4.78, 5) is 12.5. The maximum absolute atomic E-state index is 12.5. The zero-order valence-electron chi connectivity index (χ0n) is 15.1. The Balaban J connectivity index is 2.49. The van der Waals surface area contributed by atoms with E-state index in [4.69, 9.17) is 15.2 Å². The normalized spacial score (nSPS) is 28.3. The van der Waals surface area contributed by atoms with Crippen LogP contribution in [0.4, 0.5) is 0 Å². The van der Waals surface area contributed by atoms with E-state index in [-0.39, 0.29) is 23.5 Å². The molecule has 0 heterocycles. The Hall–Kier alpha value is -0.650. The molecule has 0 spiro atoms. The van der Waals surface area contributed by atoms with Crippen molar-refractivity contribution in [2.45, 2.75) is 72.1 Å². The number of rotatable bonds is 9. The van der Waals surface area contributed by atoms with Crippen molar-refractivity contribution in [3.8, 4) is 0 Å². The van der Waals surface area contributed by atoms with Gasteiger partial charge in [0, 0.05) is 31.6 Å². The van der Waals surface area contributed by atoms with Crippen LogP contribution in [0.15, 0.2) is 0 Å². The quantitative estimate of drug-likeness (QED) is 0.683. The monoisotopic (exact) mass is 314 g/mol. The van der Waals surface area contributed by atoms with Crippen LogP contribution in [0.3, 0.4) is 0 Å². The molecule has 3 N–H and O–H groups in total. The highest BCUT2D eigenvalue weighted by Gasteiger charge is 2.62. The highest BCUT2D eigenvalue weighted by molar-refractivity contribution is 5.88. The van der Waals surface area contributed by atoms with E-state index in [1.165, 1.54) is 0 Å². The molecule has 0 aromatic carbocycles. The van der Waals surface area contributed by atoms with Gasteiger partial charge in [-0.15, -0.1) is 0 Å². The summed E-state index contributed by atoms with van der Waals surface area (Å²) in [6.45, 7) is 14.2. The summed E-state index contributed by atoms with van der Waals surface area (Å²) >= 11 is 0. The molecule has 130 valence electrons. The molecule has 1 aliphatic carbocycles. The van der Waals surface area contributed by atoms with Crippen LogP contribution in [0.5, 0.6) is 0 Å². The molecule has 0 saturated heterocycles. The average molecular weight is 314 g/mol. The molecular weight excluding hydrogens is 280 g/mol. The molecule has 1 aliphatic rings. The van der Waals surface area contributed by atoms with Gasteiger partial charge in [-0.05, 0) is 26.2 Å². The van der Waals surface area contributed by atoms with Crippen molar-refractivity contribution < 1.29 is 14.3 Å². The summed E-state index contributed by atoms with van der Waals surface area (Å²) in [7, 11) is 0. The molecule has 1 fully saturated rings. The molecule has 5 nitrogen and oxygen atoms in total. The molecule has 22 heavy (non-hydrogen) atoms. The molecule has 0 aliphatic heterocycles. The van der Waals surface area contributed by atoms with E-state index in [1.54, 1.807) is 0 Å². The van der Waals surface area contributed by atoms with Crippen LogP contribution in [-0.2, 0) is 14.3 Å². The summed E-state index contributed by atoms with van der Waals surface area (Å²) < 4.78 is 11.4. The minimum atomic E-state index is -0.841. The number of carbonyl (C=O) groups excluding carboxylic acids is 1. The Labute approximate surface area is 135 Å². The van der Waals surface area contributed by atoms with Crippen molar-refractivity contribution in [2.75, 3.05) is 19.8 Å². The van der Waals surface area contributed by atoms with E-state index in [1.807, 2.05) is 27.7 Å². The molecule has 1 saturated carbocycles. The maximum atomic E-state index is 12.5. The third-order valence-corrected chi connectivity index (χ3v) is 5.07. The maximum Gasteiger partial charge on any atom is 0.240 e. The fourth-order valence-electron chi connectivity index (χ4n) is 3.13. The number of hydrogen-bond donors (Lipinski definition) is 2. The standard InChI is InChI=1S/C17H34N2O3/c1-7-21-13(12(3)4)9-10-19-15(20)17(18)11-14(22-8-2)16(17,5)6/h12-14H,7-11,18H2,1-6H3,(H,19,20). The topological polar surface area (TPSA) is 73.6 Å². The molecule has 5 heteroatoms. The van der Waals surface area contributed by atoms with Crippen LogP contribution in [0.25, 0.3) is 0 Å². The average Bonchev–Trinajstić information content (AvgIpc) is 2.45. The second kappa shape index (κ2) is 7.75. The highest BCUT2D eigenvalue weighted by atomic mass is 16.5. The fourth-order valence-corrected chi connectivity index (χ4v) is 3.13. The molecule has 1 amide bonds. The van der Waals surface area contributed by atoms with Gasteiger partial charge in [0.05, 0.1) is 12.2 Å². The third-order valence-electron chi connectivity index (χ3n) is 5.07. The number of ether oxygens (including phenoxy) is 2. The van der Waals surface area contributed by atoms with Crippen molar-refractivity contribution in [2.24, 2.45) is 17.1 Å². The second-order valence-electron chi connectivity index (χ2n) is 7.12. The number of nitrogens with two attached hydrogens (primary N) is 1. The van der Waals surface area contributed by atoms with Gasteiger partial charge in [-0.2, -0.15) is 0 Å². The van der Waals surface area contributed by atoms with Gasteiger partial charge >= 0.3 is 0 Å². The molecule has 0 aromatic heterocycles. The predicted octanol–water partition coefficient (Wildman–Crippen LogP) is 2.09. The van der Waals surface area contributed by atoms with Crippen LogP contribution in [-0.4, -0.2) is 43.4 Å². The van der Waals surface area contributed by atoms with E-state index in [0.29, 0.717) is 32.1 Å². The lowest BCUT2D eigenvalue weighted by Crippen LogP contribution is -2.75. The van der Waals surface area contributed by atoms with Crippen LogP contribution in [0.1, 0.15) is 54.4 Å². The number of nitrogens with one attached hydrogen (secondary N) is 1. The molecule has 0 bridgehead atoms. The van der Waals surface area contributed by atoms with Gasteiger partial charge < -0.3 is 20.5 Å². The Morgan fingerprint density at radius 2 is 1.95 bits per heavy atom. The van der Waals surface area contributed by atoms with Crippen LogP contribution in [0, 0.1) is 11.3 Å². The predicted molar refractivity (Wildman–Crippen MR) is 88.6 cm³/mol. The van der Waals surface area contributed by atoms with E-state index in [9.17, 15) is 4.79 Å². The van der Waals surface area contributed by atoms with Gasteiger partial charge in [0.25, 0.3) is 0 Å². The number of hydrogen-bond acceptors (Lipinski definition) is 4. The summed E-state index contributed by atoms with van der Waals surface area (Å²) in [5.41, 5.74) is 5.17. The second-order valence-corrected chi connectivity index (χ2v) is 7.12. The van der Waals surface area contributed by atoms with E-state index >= 15 is 0 Å². The Morgan fingerprint density at radius 3 is 2.41 bits per heavy atom. The zero-order valence-corrected chi connectivity index (χ0v) is 15.1. The Kier molecular flexibility index (Phi) is 6.84. The van der Waals surface area contributed by atoms with Crippen LogP contribution in [0.2, 0.25) is 0 Å². The molecule has 0 aromatic rings. The van der Waals surface area contributed by atoms with Gasteiger partial charge in [-0.1, -0.05) is 27.7 Å². The molecular formula is C17H34N2O3. The molecule has 3 unspecified atom stereocenters. The molecule has 3 atom stereocenters. The highest BCUT2D eigenvalue weighted by Crippen LogP contribution is 2.49. The fraction of sp³-hybridized carbons (Fsp3) is 0.941. The summed E-state index contributed by atoms with van der Waals surface area (Å²) in [6, 6.07) is 0. The van der Waals surface area contributed by atoms with Gasteiger partial charge in [-0.25, -0.2) is 0 Å². The first-order valence-electron chi connectivity index (χ1n) is 8.51. The lowest BCUT2D eigenvalue weighted by atomic mass is 9.54. The summed E-state index contributed by atoms with van der Waals surface area (Å²) in [5, 5.41) is 2.99. The van der Waals surface area contributed by atoms with Crippen molar-refractivity contribution >= 4 is 5.91 Å². The van der Waals surface area contributed by atoms with E-state index in [2.05, 4.69) is 19.2 Å². The number of carbonyl (C=O) groups is 1.